The van der Waals surface area contributed by atoms with Crippen LogP contribution in [-0.2, 0) is 25.1 Å². The van der Waals surface area contributed by atoms with Crippen molar-refractivity contribution < 1.29 is 25.1 Å². The maximum atomic E-state index is 11.4. The Balaban J connectivity index is 4.16. The predicted octanol–water partition coefficient (Wildman–Crippen LogP) is 3.71. The first-order chi connectivity index (χ1) is 6.14. The number of carbonyl (C=O) groups is 1. The van der Waals surface area contributed by atoms with Gasteiger partial charge in [0.25, 0.3) is 0 Å². The second kappa shape index (κ2) is 6.61. The summed E-state index contributed by atoms with van der Waals surface area (Å²) in [5, 5.41) is 0. The van der Waals surface area contributed by atoms with Crippen LogP contribution < -0.4 is 0 Å². The third-order valence-electron chi connectivity index (χ3n) is 2.72. The third-order valence-corrected chi connectivity index (χ3v) is 9.79. The van der Waals surface area contributed by atoms with Crippen LogP contribution in [0.2, 0.25) is 14.2 Å². The Bertz CT molecular complexity index is 145. The van der Waals surface area contributed by atoms with Gasteiger partial charge in [-0.2, -0.15) is 0 Å². The summed E-state index contributed by atoms with van der Waals surface area (Å²) in [7, 11) is 0. The summed E-state index contributed by atoms with van der Waals surface area (Å²) in [5.74, 6) is 0.0352. The number of hydrogen-bond donors (Lipinski definition) is 0. The quantitative estimate of drug-likeness (QED) is 0.640. The summed E-state index contributed by atoms with van der Waals surface area (Å²) in [5.41, 5.74) is 0. The molecule has 0 aromatic carbocycles. The van der Waals surface area contributed by atoms with Gasteiger partial charge in [-0.1, -0.05) is 0 Å². The first-order valence-electron chi connectivity index (χ1n) is 5.36. The standard InChI is InChI=1S/C4H8O2.3C2H5.Ti/c1-2-3-4(5)6;3*1-2;/h2-3H2,1H3,(H,5,6);3*1H2,2H3;/q;;;;+1/p-1. The van der Waals surface area contributed by atoms with Crippen molar-refractivity contribution >= 4 is 5.97 Å². The van der Waals surface area contributed by atoms with E-state index in [1.54, 1.807) is 0 Å². The van der Waals surface area contributed by atoms with Crippen molar-refractivity contribution in [1.82, 2.24) is 0 Å². The Morgan fingerprint density at radius 3 is 1.85 bits per heavy atom. The van der Waals surface area contributed by atoms with Crippen LogP contribution in [0, 0.1) is 0 Å². The van der Waals surface area contributed by atoms with Gasteiger partial charge in [0.1, 0.15) is 0 Å². The molecule has 0 radical (unpaired) electrons. The second-order valence-corrected chi connectivity index (χ2v) is 10.8. The van der Waals surface area contributed by atoms with Gasteiger partial charge in [-0.05, 0) is 0 Å². The van der Waals surface area contributed by atoms with Crippen LogP contribution >= 0.6 is 0 Å². The van der Waals surface area contributed by atoms with Crippen LogP contribution in [0.15, 0.2) is 0 Å². The molecular formula is C10H22O2Ti. The number of carbonyl (C=O) groups excluding carboxylic acids is 1. The minimum atomic E-state index is -2.18. The zero-order chi connectivity index (χ0) is 10.3. The van der Waals surface area contributed by atoms with E-state index in [1.165, 1.54) is 0 Å². The molecule has 0 saturated heterocycles. The Morgan fingerprint density at radius 2 is 1.54 bits per heavy atom. The van der Waals surface area contributed by atoms with Gasteiger partial charge in [0.2, 0.25) is 0 Å². The molecule has 0 unspecified atom stereocenters. The average molecular weight is 222 g/mol. The van der Waals surface area contributed by atoms with E-state index in [9.17, 15) is 4.79 Å². The van der Waals surface area contributed by atoms with Crippen LogP contribution in [0.3, 0.4) is 0 Å². The molecule has 0 aromatic rings. The summed E-state index contributed by atoms with van der Waals surface area (Å²) < 4.78 is 8.97. The summed E-state index contributed by atoms with van der Waals surface area (Å²) in [6, 6.07) is 0. The molecule has 0 amide bonds. The van der Waals surface area contributed by atoms with Crippen molar-refractivity contribution in [1.29, 1.82) is 0 Å². The molecule has 13 heavy (non-hydrogen) atoms. The first kappa shape index (κ1) is 13.2. The maximum absolute atomic E-state index is 11.4. The molecule has 3 heteroatoms. The van der Waals surface area contributed by atoms with Crippen molar-refractivity contribution in [3.05, 3.63) is 0 Å². The van der Waals surface area contributed by atoms with Crippen molar-refractivity contribution in [2.45, 2.75) is 54.7 Å². The molecule has 2 nitrogen and oxygen atoms in total. The first-order valence-corrected chi connectivity index (χ1v) is 9.31. The zero-order valence-electron chi connectivity index (χ0n) is 9.35. The molecule has 0 saturated carbocycles. The predicted molar refractivity (Wildman–Crippen MR) is 52.4 cm³/mol. The summed E-state index contributed by atoms with van der Waals surface area (Å²) in [6.07, 6.45) is 1.49. The summed E-state index contributed by atoms with van der Waals surface area (Å²) >= 11 is -2.18. The summed E-state index contributed by atoms with van der Waals surface area (Å²) in [6.45, 7) is 8.49. The molecule has 0 aliphatic rings. The van der Waals surface area contributed by atoms with Crippen LogP contribution in [0.5, 0.6) is 0 Å². The second-order valence-electron chi connectivity index (χ2n) is 3.47. The molecule has 0 aliphatic carbocycles. The number of hydrogen-bond acceptors (Lipinski definition) is 2. The van der Waals surface area contributed by atoms with Gasteiger partial charge in [-0.3, -0.25) is 0 Å². The van der Waals surface area contributed by atoms with Gasteiger partial charge in [0.15, 0.2) is 0 Å². The zero-order valence-corrected chi connectivity index (χ0v) is 10.9. The molecule has 0 spiro atoms. The van der Waals surface area contributed by atoms with E-state index in [0.717, 1.165) is 20.6 Å². The van der Waals surface area contributed by atoms with Gasteiger partial charge >= 0.3 is 85.8 Å². The van der Waals surface area contributed by atoms with Gasteiger partial charge in [0, 0.05) is 0 Å². The normalized spacial score (nSPS) is 11.4. The molecule has 78 valence electrons. The molecule has 0 aliphatic heterocycles. The Hall–Kier alpha value is 0.184. The minimum absolute atomic E-state index is 0.0352. The van der Waals surface area contributed by atoms with Gasteiger partial charge in [-0.15, -0.1) is 0 Å². The van der Waals surface area contributed by atoms with Crippen LogP contribution in [0.4, 0.5) is 0 Å². The SMILES string of the molecule is CCCC(=O)[O][Ti]([CH2]C)([CH2]C)[CH2]C. The van der Waals surface area contributed by atoms with Crippen molar-refractivity contribution in [3.63, 3.8) is 0 Å². The van der Waals surface area contributed by atoms with E-state index < -0.39 is 17.0 Å². The van der Waals surface area contributed by atoms with Crippen molar-refractivity contribution in [3.8, 4) is 0 Å². The Labute approximate surface area is 85.9 Å². The van der Waals surface area contributed by atoms with Gasteiger partial charge < -0.3 is 0 Å². The van der Waals surface area contributed by atoms with Crippen molar-refractivity contribution in [2.75, 3.05) is 0 Å². The fraction of sp³-hybridized carbons (Fsp3) is 0.900. The number of rotatable bonds is 6. The molecule has 0 N–H and O–H groups in total. The van der Waals surface area contributed by atoms with E-state index in [-0.39, 0.29) is 5.97 Å². The molecule has 0 fully saturated rings. The topological polar surface area (TPSA) is 26.3 Å². The molecule has 0 bridgehead atoms. The fourth-order valence-corrected chi connectivity index (χ4v) is 5.40. The van der Waals surface area contributed by atoms with E-state index in [4.69, 9.17) is 3.32 Å². The molecular weight excluding hydrogens is 200 g/mol. The van der Waals surface area contributed by atoms with E-state index in [2.05, 4.69) is 20.8 Å². The van der Waals surface area contributed by atoms with Crippen molar-refractivity contribution in [2.24, 2.45) is 0 Å². The summed E-state index contributed by atoms with van der Waals surface area (Å²) in [4.78, 5) is 11.4. The van der Waals surface area contributed by atoms with Gasteiger partial charge in [-0.25, -0.2) is 0 Å². The van der Waals surface area contributed by atoms with Crippen LogP contribution in [0.25, 0.3) is 0 Å². The van der Waals surface area contributed by atoms with Crippen LogP contribution in [-0.4, -0.2) is 5.97 Å². The Morgan fingerprint density at radius 1 is 1.08 bits per heavy atom. The van der Waals surface area contributed by atoms with E-state index >= 15 is 0 Å². The molecule has 0 heterocycles. The molecule has 0 atom stereocenters. The Kier molecular flexibility index (Phi) is 6.70. The molecule has 0 aromatic heterocycles. The van der Waals surface area contributed by atoms with Crippen LogP contribution in [0.1, 0.15) is 40.5 Å². The monoisotopic (exact) mass is 222 g/mol. The van der Waals surface area contributed by atoms with Gasteiger partial charge in [0.05, 0.1) is 0 Å². The average Bonchev–Trinajstić information content (AvgIpc) is 2.15. The molecule has 0 rings (SSSR count). The fourth-order valence-electron chi connectivity index (χ4n) is 1.46. The van der Waals surface area contributed by atoms with E-state index in [0.29, 0.717) is 6.42 Å². The third kappa shape index (κ3) is 4.28. The van der Waals surface area contributed by atoms with E-state index in [1.807, 2.05) is 6.92 Å².